The molecule has 0 radical (unpaired) electrons. The maximum absolute atomic E-state index is 11.7. The summed E-state index contributed by atoms with van der Waals surface area (Å²) in [6.07, 6.45) is 1.84. The number of morpholine rings is 1. The van der Waals surface area contributed by atoms with Crippen LogP contribution in [0.4, 0.5) is 0 Å². The van der Waals surface area contributed by atoms with E-state index in [1.165, 1.54) is 0 Å². The van der Waals surface area contributed by atoms with Crippen molar-refractivity contribution in [2.24, 2.45) is 5.73 Å². The second kappa shape index (κ2) is 7.04. The number of halogens is 1. The highest BCUT2D eigenvalue weighted by Gasteiger charge is 2.25. The van der Waals surface area contributed by atoms with E-state index in [4.69, 9.17) is 10.5 Å². The molecule has 90 valence electrons. The number of ether oxygens (including phenoxy) is 1. The number of carbonyl (C=O) groups excluding carboxylic acids is 1. The number of nitrogens with two attached hydrogens (primary N) is 1. The molecule has 4 nitrogen and oxygen atoms in total. The first-order valence-electron chi connectivity index (χ1n) is 5.35. The molecular formula is C10H21ClN2O2. The van der Waals surface area contributed by atoms with Gasteiger partial charge in [-0.25, -0.2) is 0 Å². The van der Waals surface area contributed by atoms with E-state index >= 15 is 0 Å². The number of amides is 1. The van der Waals surface area contributed by atoms with Crippen LogP contribution in [-0.4, -0.2) is 42.6 Å². The number of hydrogen-bond acceptors (Lipinski definition) is 3. The van der Waals surface area contributed by atoms with Gasteiger partial charge in [0, 0.05) is 13.1 Å². The molecule has 1 fully saturated rings. The average molecular weight is 237 g/mol. The van der Waals surface area contributed by atoms with Crippen LogP contribution in [0.15, 0.2) is 0 Å². The molecule has 15 heavy (non-hydrogen) atoms. The number of hydrogen-bond donors (Lipinski definition) is 1. The summed E-state index contributed by atoms with van der Waals surface area (Å²) in [6, 6.07) is -0.342. The van der Waals surface area contributed by atoms with E-state index in [1.807, 2.05) is 11.8 Å². The SMILES string of the molecule is CCC1CN(C(=O)[C@@H](N)CC)CCO1.Cl. The maximum atomic E-state index is 11.7. The van der Waals surface area contributed by atoms with Crippen LogP contribution in [0.3, 0.4) is 0 Å². The van der Waals surface area contributed by atoms with Gasteiger partial charge in [-0.05, 0) is 12.8 Å². The van der Waals surface area contributed by atoms with Crippen molar-refractivity contribution < 1.29 is 9.53 Å². The van der Waals surface area contributed by atoms with E-state index in [2.05, 4.69) is 6.92 Å². The van der Waals surface area contributed by atoms with Gasteiger partial charge in [0.2, 0.25) is 5.91 Å². The maximum Gasteiger partial charge on any atom is 0.239 e. The summed E-state index contributed by atoms with van der Waals surface area (Å²) in [5.74, 6) is 0.0641. The lowest BCUT2D eigenvalue weighted by Gasteiger charge is -2.33. The van der Waals surface area contributed by atoms with Gasteiger partial charge < -0.3 is 15.4 Å². The molecule has 1 rings (SSSR count). The normalized spacial score (nSPS) is 23.1. The molecule has 1 aliphatic rings. The first-order chi connectivity index (χ1) is 6.69. The molecular weight excluding hydrogens is 216 g/mol. The molecule has 0 spiro atoms. The van der Waals surface area contributed by atoms with Crippen molar-refractivity contribution in [2.45, 2.75) is 38.8 Å². The van der Waals surface area contributed by atoms with Gasteiger partial charge in [-0.15, -0.1) is 12.4 Å². The van der Waals surface area contributed by atoms with Crippen LogP contribution in [0, 0.1) is 0 Å². The van der Waals surface area contributed by atoms with Gasteiger partial charge in [-0.3, -0.25) is 4.79 Å². The van der Waals surface area contributed by atoms with E-state index < -0.39 is 0 Å². The first kappa shape index (κ1) is 14.7. The van der Waals surface area contributed by atoms with Crippen molar-refractivity contribution in [1.29, 1.82) is 0 Å². The summed E-state index contributed by atoms with van der Waals surface area (Å²) in [4.78, 5) is 13.6. The Morgan fingerprint density at radius 3 is 2.80 bits per heavy atom. The zero-order valence-corrected chi connectivity index (χ0v) is 10.3. The molecule has 5 heteroatoms. The second-order valence-corrected chi connectivity index (χ2v) is 3.70. The van der Waals surface area contributed by atoms with Crippen molar-refractivity contribution in [3.05, 3.63) is 0 Å². The lowest BCUT2D eigenvalue weighted by molar-refractivity contribution is -0.140. The Morgan fingerprint density at radius 1 is 1.60 bits per heavy atom. The van der Waals surface area contributed by atoms with Crippen molar-refractivity contribution in [2.75, 3.05) is 19.7 Å². The van der Waals surface area contributed by atoms with Crippen molar-refractivity contribution in [1.82, 2.24) is 4.90 Å². The Labute approximate surface area is 97.5 Å². The quantitative estimate of drug-likeness (QED) is 0.788. The van der Waals surface area contributed by atoms with E-state index in [-0.39, 0.29) is 30.5 Å². The molecule has 1 amide bonds. The topological polar surface area (TPSA) is 55.6 Å². The highest BCUT2D eigenvalue weighted by molar-refractivity contribution is 5.85. The highest BCUT2D eigenvalue weighted by atomic mass is 35.5. The zero-order valence-electron chi connectivity index (χ0n) is 9.44. The lowest BCUT2D eigenvalue weighted by Crippen LogP contribution is -2.51. The molecule has 0 aromatic heterocycles. The monoisotopic (exact) mass is 236 g/mol. The Bertz CT molecular complexity index is 202. The Morgan fingerprint density at radius 2 is 2.27 bits per heavy atom. The number of nitrogens with zero attached hydrogens (tertiary/aromatic N) is 1. The highest BCUT2D eigenvalue weighted by Crippen LogP contribution is 2.09. The van der Waals surface area contributed by atoms with Gasteiger partial charge in [0.1, 0.15) is 0 Å². The van der Waals surface area contributed by atoms with Crippen LogP contribution in [0.5, 0.6) is 0 Å². The van der Waals surface area contributed by atoms with Crippen LogP contribution in [0.1, 0.15) is 26.7 Å². The minimum Gasteiger partial charge on any atom is -0.375 e. The molecule has 0 aliphatic carbocycles. The summed E-state index contributed by atoms with van der Waals surface area (Å²) in [7, 11) is 0. The molecule has 0 aromatic carbocycles. The molecule has 2 N–H and O–H groups in total. The molecule has 0 aromatic rings. The van der Waals surface area contributed by atoms with Gasteiger partial charge >= 0.3 is 0 Å². The molecule has 2 atom stereocenters. The average Bonchev–Trinajstić information content (AvgIpc) is 2.27. The van der Waals surface area contributed by atoms with Crippen LogP contribution < -0.4 is 5.73 Å². The van der Waals surface area contributed by atoms with E-state index in [1.54, 1.807) is 0 Å². The Hall–Kier alpha value is -0.320. The standard InChI is InChI=1S/C10H20N2O2.ClH/c1-3-8-7-12(5-6-14-8)10(13)9(11)4-2;/h8-9H,3-7,11H2,1-2H3;1H/t8?,9-;/m0./s1. The Balaban J connectivity index is 0.00000196. The van der Waals surface area contributed by atoms with Crippen molar-refractivity contribution in [3.63, 3.8) is 0 Å². The number of rotatable bonds is 3. The molecule has 1 unspecified atom stereocenters. The van der Waals surface area contributed by atoms with E-state index in [0.29, 0.717) is 26.1 Å². The summed E-state index contributed by atoms with van der Waals surface area (Å²) in [6.45, 7) is 6.02. The predicted molar refractivity (Wildman–Crippen MR) is 62.1 cm³/mol. The fraction of sp³-hybridized carbons (Fsp3) is 0.900. The number of carbonyl (C=O) groups is 1. The fourth-order valence-corrected chi connectivity index (χ4v) is 1.58. The second-order valence-electron chi connectivity index (χ2n) is 3.70. The third kappa shape index (κ3) is 3.97. The smallest absolute Gasteiger partial charge is 0.239 e. The van der Waals surface area contributed by atoms with Crippen LogP contribution in [0.25, 0.3) is 0 Å². The Kier molecular flexibility index (Phi) is 6.89. The minimum atomic E-state index is -0.342. The molecule has 0 saturated carbocycles. The molecule has 1 heterocycles. The summed E-state index contributed by atoms with van der Waals surface area (Å²) in [5.41, 5.74) is 5.70. The van der Waals surface area contributed by atoms with E-state index in [9.17, 15) is 4.79 Å². The lowest BCUT2D eigenvalue weighted by atomic mass is 10.1. The first-order valence-corrected chi connectivity index (χ1v) is 5.35. The minimum absolute atomic E-state index is 0. The van der Waals surface area contributed by atoms with Gasteiger partial charge in [-0.1, -0.05) is 13.8 Å². The van der Waals surface area contributed by atoms with Crippen LogP contribution in [-0.2, 0) is 9.53 Å². The summed E-state index contributed by atoms with van der Waals surface area (Å²) >= 11 is 0. The largest absolute Gasteiger partial charge is 0.375 e. The van der Waals surface area contributed by atoms with Gasteiger partial charge in [0.05, 0.1) is 18.8 Å². The molecule has 0 bridgehead atoms. The van der Waals surface area contributed by atoms with Gasteiger partial charge in [-0.2, -0.15) is 0 Å². The third-order valence-corrected chi connectivity index (χ3v) is 2.66. The van der Waals surface area contributed by atoms with Gasteiger partial charge in [0.15, 0.2) is 0 Å². The molecule has 1 aliphatic heterocycles. The van der Waals surface area contributed by atoms with Crippen LogP contribution >= 0.6 is 12.4 Å². The predicted octanol–water partition coefficient (Wildman–Crippen LogP) is 0.783. The van der Waals surface area contributed by atoms with Crippen LogP contribution in [0.2, 0.25) is 0 Å². The summed E-state index contributed by atoms with van der Waals surface area (Å²) < 4.78 is 5.49. The van der Waals surface area contributed by atoms with E-state index in [0.717, 1.165) is 6.42 Å². The van der Waals surface area contributed by atoms with Crippen molar-refractivity contribution >= 4 is 18.3 Å². The fourth-order valence-electron chi connectivity index (χ4n) is 1.58. The molecule has 1 saturated heterocycles. The third-order valence-electron chi connectivity index (χ3n) is 2.66. The van der Waals surface area contributed by atoms with Gasteiger partial charge in [0.25, 0.3) is 0 Å². The summed E-state index contributed by atoms with van der Waals surface area (Å²) in [5, 5.41) is 0. The zero-order chi connectivity index (χ0) is 10.6. The van der Waals surface area contributed by atoms with Crippen molar-refractivity contribution in [3.8, 4) is 0 Å².